The Morgan fingerprint density at radius 1 is 0.821 bits per heavy atom. The molecule has 5 nitrogen and oxygen atoms in total. The molecule has 0 spiro atoms. The van der Waals surface area contributed by atoms with Crippen LogP contribution in [-0.2, 0) is 19.6 Å². The number of hydrogen-bond acceptors (Lipinski definition) is 5. The average molecular weight is 370 g/mol. The van der Waals surface area contributed by atoms with E-state index in [4.69, 9.17) is 9.40 Å². The van der Waals surface area contributed by atoms with E-state index in [1.807, 2.05) is 36.7 Å². The van der Waals surface area contributed by atoms with Crippen LogP contribution in [-0.4, -0.2) is 19.9 Å². The fourth-order valence-electron chi connectivity index (χ4n) is 3.10. The van der Waals surface area contributed by atoms with Crippen molar-refractivity contribution >= 4 is 0 Å². The third-order valence-corrected chi connectivity index (χ3v) is 4.49. The summed E-state index contributed by atoms with van der Waals surface area (Å²) in [6, 6.07) is 16.3. The van der Waals surface area contributed by atoms with Crippen molar-refractivity contribution in [2.75, 3.05) is 0 Å². The molecule has 0 unspecified atom stereocenters. The van der Waals surface area contributed by atoms with Gasteiger partial charge in [-0.05, 0) is 42.3 Å². The lowest BCUT2D eigenvalue weighted by atomic mass is 10.1. The van der Waals surface area contributed by atoms with Crippen LogP contribution in [0.1, 0.15) is 22.4 Å². The zero-order valence-corrected chi connectivity index (χ0v) is 15.8. The smallest absolute Gasteiger partial charge is 0.226 e. The third-order valence-electron chi connectivity index (χ3n) is 4.49. The maximum atomic E-state index is 5.73. The van der Waals surface area contributed by atoms with Crippen molar-refractivity contribution in [3.8, 4) is 11.5 Å². The molecule has 0 N–H and O–H groups in total. The highest BCUT2D eigenvalue weighted by atomic mass is 16.3. The lowest BCUT2D eigenvalue weighted by Gasteiger charge is -2.21. The molecule has 0 saturated heterocycles. The first-order valence-corrected chi connectivity index (χ1v) is 9.28. The SMILES string of the molecule is Cc1ccc(-c2nc(CN(Cc3cccnc3)Cc3cccnc3)co2)cc1. The highest BCUT2D eigenvalue weighted by Crippen LogP contribution is 2.21. The summed E-state index contributed by atoms with van der Waals surface area (Å²) in [7, 11) is 0. The first kappa shape index (κ1) is 18.1. The molecular weight excluding hydrogens is 348 g/mol. The number of aromatic nitrogens is 3. The van der Waals surface area contributed by atoms with Crippen LogP contribution in [0.25, 0.3) is 11.5 Å². The Morgan fingerprint density at radius 2 is 1.46 bits per heavy atom. The Labute approximate surface area is 164 Å². The number of hydrogen-bond donors (Lipinski definition) is 0. The molecule has 140 valence electrons. The molecule has 0 aliphatic heterocycles. The normalized spacial score (nSPS) is 11.1. The minimum atomic E-state index is 0.651. The molecule has 0 atom stereocenters. The maximum absolute atomic E-state index is 5.73. The van der Waals surface area contributed by atoms with Crippen molar-refractivity contribution in [2.24, 2.45) is 0 Å². The molecule has 0 aliphatic rings. The molecule has 28 heavy (non-hydrogen) atoms. The lowest BCUT2D eigenvalue weighted by molar-refractivity contribution is 0.244. The number of pyridine rings is 2. The Morgan fingerprint density at radius 3 is 2.04 bits per heavy atom. The van der Waals surface area contributed by atoms with Gasteiger partial charge < -0.3 is 4.42 Å². The minimum Gasteiger partial charge on any atom is -0.444 e. The second kappa shape index (κ2) is 8.59. The first-order valence-electron chi connectivity index (χ1n) is 9.28. The molecular formula is C23H22N4O. The summed E-state index contributed by atoms with van der Waals surface area (Å²) in [5, 5.41) is 0. The van der Waals surface area contributed by atoms with E-state index >= 15 is 0 Å². The molecule has 0 fully saturated rings. The Balaban J connectivity index is 1.52. The van der Waals surface area contributed by atoms with Gasteiger partial charge in [0, 0.05) is 50.0 Å². The van der Waals surface area contributed by atoms with Gasteiger partial charge in [0.2, 0.25) is 5.89 Å². The number of benzene rings is 1. The molecule has 0 bridgehead atoms. The molecule has 0 radical (unpaired) electrons. The molecule has 3 heterocycles. The van der Waals surface area contributed by atoms with E-state index in [9.17, 15) is 0 Å². The van der Waals surface area contributed by atoms with Gasteiger partial charge in [-0.3, -0.25) is 14.9 Å². The van der Waals surface area contributed by atoms with Gasteiger partial charge in [-0.25, -0.2) is 4.98 Å². The number of aryl methyl sites for hydroxylation is 1. The number of rotatable bonds is 7. The van der Waals surface area contributed by atoms with Crippen molar-refractivity contribution in [2.45, 2.75) is 26.6 Å². The van der Waals surface area contributed by atoms with E-state index in [0.717, 1.165) is 35.5 Å². The second-order valence-electron chi connectivity index (χ2n) is 6.88. The Hall–Kier alpha value is -3.31. The van der Waals surface area contributed by atoms with Crippen molar-refractivity contribution < 1.29 is 4.42 Å². The fraction of sp³-hybridized carbons (Fsp3) is 0.174. The molecule has 4 rings (SSSR count). The van der Waals surface area contributed by atoms with Gasteiger partial charge in [-0.15, -0.1) is 0 Å². The van der Waals surface area contributed by atoms with E-state index < -0.39 is 0 Å². The van der Waals surface area contributed by atoms with Gasteiger partial charge in [0.25, 0.3) is 0 Å². The van der Waals surface area contributed by atoms with Gasteiger partial charge in [-0.2, -0.15) is 0 Å². The maximum Gasteiger partial charge on any atom is 0.226 e. The van der Waals surface area contributed by atoms with E-state index in [0.29, 0.717) is 12.4 Å². The van der Waals surface area contributed by atoms with Crippen LogP contribution >= 0.6 is 0 Å². The van der Waals surface area contributed by atoms with E-state index in [-0.39, 0.29) is 0 Å². The van der Waals surface area contributed by atoms with Gasteiger partial charge in [0.15, 0.2) is 0 Å². The quantitative estimate of drug-likeness (QED) is 0.474. The standard InChI is InChI=1S/C23H22N4O/c1-18-6-8-21(9-7-18)23-26-22(17-28-23)16-27(14-19-4-2-10-24-12-19)15-20-5-3-11-25-13-20/h2-13,17H,14-16H2,1H3. The van der Waals surface area contributed by atoms with Crippen molar-refractivity contribution in [3.63, 3.8) is 0 Å². The van der Waals surface area contributed by atoms with E-state index in [2.05, 4.69) is 46.1 Å². The molecule has 0 amide bonds. The first-order chi connectivity index (χ1) is 13.8. The summed E-state index contributed by atoms with van der Waals surface area (Å²) >= 11 is 0. The summed E-state index contributed by atoms with van der Waals surface area (Å²) in [6.45, 7) is 4.30. The van der Waals surface area contributed by atoms with E-state index in [1.165, 1.54) is 5.56 Å². The predicted molar refractivity (Wildman–Crippen MR) is 108 cm³/mol. The highest BCUT2D eigenvalue weighted by molar-refractivity contribution is 5.53. The molecule has 1 aromatic carbocycles. The van der Waals surface area contributed by atoms with Crippen LogP contribution < -0.4 is 0 Å². The molecule has 4 aromatic rings. The van der Waals surface area contributed by atoms with Crippen LogP contribution in [0.5, 0.6) is 0 Å². The van der Waals surface area contributed by atoms with Crippen molar-refractivity contribution in [1.29, 1.82) is 0 Å². The zero-order valence-electron chi connectivity index (χ0n) is 15.8. The minimum absolute atomic E-state index is 0.651. The van der Waals surface area contributed by atoms with Crippen LogP contribution in [0.3, 0.4) is 0 Å². The average Bonchev–Trinajstić information content (AvgIpc) is 3.18. The molecule has 5 heteroatoms. The summed E-state index contributed by atoms with van der Waals surface area (Å²) < 4.78 is 5.73. The summed E-state index contributed by atoms with van der Waals surface area (Å²) in [6.07, 6.45) is 9.13. The number of nitrogens with zero attached hydrogens (tertiary/aromatic N) is 4. The summed E-state index contributed by atoms with van der Waals surface area (Å²) in [5.41, 5.74) is 5.43. The van der Waals surface area contributed by atoms with Gasteiger partial charge in [0.05, 0.1) is 5.69 Å². The lowest BCUT2D eigenvalue weighted by Crippen LogP contribution is -2.22. The van der Waals surface area contributed by atoms with Gasteiger partial charge in [-0.1, -0.05) is 29.8 Å². The van der Waals surface area contributed by atoms with Gasteiger partial charge >= 0.3 is 0 Å². The zero-order chi connectivity index (χ0) is 19.2. The predicted octanol–water partition coefficient (Wildman–Crippen LogP) is 4.64. The van der Waals surface area contributed by atoms with Crippen molar-refractivity contribution in [3.05, 3.63) is 102 Å². The molecule has 0 saturated carbocycles. The van der Waals surface area contributed by atoms with Crippen molar-refractivity contribution in [1.82, 2.24) is 19.9 Å². The summed E-state index contributed by atoms with van der Waals surface area (Å²) in [5.74, 6) is 0.651. The second-order valence-corrected chi connectivity index (χ2v) is 6.88. The third kappa shape index (κ3) is 4.69. The van der Waals surface area contributed by atoms with Crippen LogP contribution in [0.4, 0.5) is 0 Å². The van der Waals surface area contributed by atoms with Crippen LogP contribution in [0.15, 0.2) is 84.0 Å². The van der Waals surface area contributed by atoms with Gasteiger partial charge in [0.1, 0.15) is 6.26 Å². The van der Waals surface area contributed by atoms with Crippen LogP contribution in [0.2, 0.25) is 0 Å². The van der Waals surface area contributed by atoms with Crippen LogP contribution in [0, 0.1) is 6.92 Å². The fourth-order valence-corrected chi connectivity index (χ4v) is 3.10. The monoisotopic (exact) mass is 370 g/mol. The molecule has 0 aliphatic carbocycles. The summed E-state index contributed by atoms with van der Waals surface area (Å²) in [4.78, 5) is 15.5. The van der Waals surface area contributed by atoms with E-state index in [1.54, 1.807) is 18.7 Å². The highest BCUT2D eigenvalue weighted by Gasteiger charge is 2.13. The largest absolute Gasteiger partial charge is 0.444 e. The Bertz CT molecular complexity index is 956. The topological polar surface area (TPSA) is 55.1 Å². The Kier molecular flexibility index (Phi) is 5.54. The number of oxazole rings is 1. The molecule has 3 aromatic heterocycles.